The molecule has 0 rings (SSSR count). The zero-order valence-electron chi connectivity index (χ0n) is 10.9. The van der Waals surface area contributed by atoms with E-state index in [1.54, 1.807) is 0 Å². The van der Waals surface area contributed by atoms with E-state index >= 15 is 0 Å². The average Bonchev–Trinajstić information content (AvgIpc) is 2.19. The minimum atomic E-state index is -1.06. The van der Waals surface area contributed by atoms with Crippen LogP contribution < -0.4 is 10.6 Å². The predicted molar refractivity (Wildman–Crippen MR) is 63.9 cm³/mol. The monoisotopic (exact) mass is 246 g/mol. The highest BCUT2D eigenvalue weighted by Gasteiger charge is 2.20. The molecule has 6 nitrogen and oxygen atoms in total. The Hall–Kier alpha value is -1.30. The van der Waals surface area contributed by atoms with Gasteiger partial charge in [-0.3, -0.25) is 0 Å². The van der Waals surface area contributed by atoms with Gasteiger partial charge in [-0.15, -0.1) is 0 Å². The summed E-state index contributed by atoms with van der Waals surface area (Å²) in [5.74, 6) is -1.06. The molecule has 0 bridgehead atoms. The lowest BCUT2D eigenvalue weighted by Crippen LogP contribution is -2.48. The average molecular weight is 246 g/mol. The number of carbonyl (C=O) groups excluding carboxylic acids is 1. The van der Waals surface area contributed by atoms with Crippen molar-refractivity contribution >= 4 is 12.0 Å². The Morgan fingerprint density at radius 2 is 1.94 bits per heavy atom. The zero-order chi connectivity index (χ0) is 13.5. The number of hydrogen-bond donors (Lipinski definition) is 3. The molecule has 17 heavy (non-hydrogen) atoms. The van der Waals surface area contributed by atoms with Gasteiger partial charge in [-0.2, -0.15) is 0 Å². The zero-order valence-corrected chi connectivity index (χ0v) is 10.9. The summed E-state index contributed by atoms with van der Waals surface area (Å²) in [6.45, 7) is 6.71. The lowest BCUT2D eigenvalue weighted by atomic mass is 9.97. The molecule has 100 valence electrons. The molecule has 2 amide bonds. The van der Waals surface area contributed by atoms with Crippen LogP contribution in [0.2, 0.25) is 0 Å². The number of ether oxygens (including phenoxy) is 1. The van der Waals surface area contributed by atoms with Crippen molar-refractivity contribution in [2.24, 2.45) is 5.41 Å². The summed E-state index contributed by atoms with van der Waals surface area (Å²) in [7, 11) is 1.48. The van der Waals surface area contributed by atoms with Gasteiger partial charge in [-0.1, -0.05) is 20.8 Å². The third-order valence-corrected chi connectivity index (χ3v) is 1.99. The second-order valence-electron chi connectivity index (χ2n) is 5.06. The molecule has 0 fully saturated rings. The first kappa shape index (κ1) is 15.7. The van der Waals surface area contributed by atoms with Crippen molar-refractivity contribution in [3.63, 3.8) is 0 Å². The maximum atomic E-state index is 11.4. The molecule has 0 spiro atoms. The van der Waals surface area contributed by atoms with E-state index in [1.165, 1.54) is 7.11 Å². The summed E-state index contributed by atoms with van der Waals surface area (Å²) in [6, 6.07) is -1.39. The summed E-state index contributed by atoms with van der Waals surface area (Å²) in [6.07, 6.45) is 0.245. The minimum Gasteiger partial charge on any atom is -0.480 e. The second-order valence-corrected chi connectivity index (χ2v) is 5.06. The van der Waals surface area contributed by atoms with Gasteiger partial charge in [0.2, 0.25) is 0 Å². The van der Waals surface area contributed by atoms with Crippen LogP contribution >= 0.6 is 0 Å². The Kier molecular flexibility index (Phi) is 6.57. The second kappa shape index (κ2) is 7.11. The molecular weight excluding hydrogens is 224 g/mol. The molecule has 0 aliphatic carbocycles. The highest BCUT2D eigenvalue weighted by Crippen LogP contribution is 2.09. The molecule has 0 aliphatic rings. The van der Waals surface area contributed by atoms with Gasteiger partial charge in [-0.05, 0) is 5.41 Å². The number of carboxylic acid groups (broad SMARTS) is 1. The summed E-state index contributed by atoms with van der Waals surface area (Å²) in [4.78, 5) is 22.3. The van der Waals surface area contributed by atoms with Gasteiger partial charge < -0.3 is 20.5 Å². The number of carbonyl (C=O) groups is 2. The quantitative estimate of drug-likeness (QED) is 0.647. The van der Waals surface area contributed by atoms with Crippen LogP contribution in [-0.2, 0) is 9.53 Å². The normalized spacial score (nSPS) is 12.9. The van der Waals surface area contributed by atoms with Crippen LogP contribution in [-0.4, -0.2) is 43.4 Å². The van der Waals surface area contributed by atoms with E-state index in [1.807, 2.05) is 20.8 Å². The Labute approximate surface area is 102 Å². The number of carboxylic acids is 1. The highest BCUT2D eigenvalue weighted by molar-refractivity contribution is 5.82. The Bertz CT molecular complexity index is 261. The van der Waals surface area contributed by atoms with E-state index in [4.69, 9.17) is 9.84 Å². The first-order valence-electron chi connectivity index (χ1n) is 5.52. The van der Waals surface area contributed by atoms with Crippen LogP contribution in [0, 0.1) is 5.41 Å². The fraction of sp³-hybridized carbons (Fsp3) is 0.818. The third kappa shape index (κ3) is 8.50. The van der Waals surface area contributed by atoms with Crippen LogP contribution in [0.4, 0.5) is 4.79 Å². The van der Waals surface area contributed by atoms with Gasteiger partial charge in [0, 0.05) is 26.7 Å². The van der Waals surface area contributed by atoms with E-state index < -0.39 is 18.0 Å². The topological polar surface area (TPSA) is 87.7 Å². The van der Waals surface area contributed by atoms with Gasteiger partial charge in [0.1, 0.15) is 6.04 Å². The van der Waals surface area contributed by atoms with Crippen LogP contribution in [0.1, 0.15) is 27.2 Å². The molecule has 3 N–H and O–H groups in total. The van der Waals surface area contributed by atoms with Crippen molar-refractivity contribution in [2.75, 3.05) is 20.3 Å². The van der Waals surface area contributed by atoms with E-state index in [2.05, 4.69) is 10.6 Å². The summed E-state index contributed by atoms with van der Waals surface area (Å²) >= 11 is 0. The largest absolute Gasteiger partial charge is 0.480 e. The lowest BCUT2D eigenvalue weighted by molar-refractivity contribution is -0.139. The maximum absolute atomic E-state index is 11.4. The van der Waals surface area contributed by atoms with Crippen LogP contribution in [0.5, 0.6) is 0 Å². The molecule has 1 unspecified atom stereocenters. The van der Waals surface area contributed by atoms with Gasteiger partial charge in [-0.25, -0.2) is 9.59 Å². The fourth-order valence-corrected chi connectivity index (χ4v) is 1.05. The first-order valence-corrected chi connectivity index (χ1v) is 5.52. The number of hydrogen-bond acceptors (Lipinski definition) is 3. The lowest BCUT2D eigenvalue weighted by Gasteiger charge is -2.20. The SMILES string of the molecule is COCCC(NC(=O)NCC(C)(C)C)C(=O)O. The third-order valence-electron chi connectivity index (χ3n) is 1.99. The summed E-state index contributed by atoms with van der Waals surface area (Å²) in [5.41, 5.74) is -0.0391. The van der Waals surface area contributed by atoms with Crippen molar-refractivity contribution < 1.29 is 19.4 Å². The molecular formula is C11H22N2O4. The highest BCUT2D eigenvalue weighted by atomic mass is 16.5. The van der Waals surface area contributed by atoms with Crippen molar-refractivity contribution in [1.29, 1.82) is 0 Å². The van der Waals surface area contributed by atoms with Crippen LogP contribution in [0.15, 0.2) is 0 Å². The maximum Gasteiger partial charge on any atom is 0.326 e. The molecule has 0 radical (unpaired) electrons. The van der Waals surface area contributed by atoms with Crippen LogP contribution in [0.25, 0.3) is 0 Å². The van der Waals surface area contributed by atoms with Crippen molar-refractivity contribution in [3.8, 4) is 0 Å². The molecule has 6 heteroatoms. The summed E-state index contributed by atoms with van der Waals surface area (Å²) in [5, 5.41) is 13.9. The van der Waals surface area contributed by atoms with Gasteiger partial charge in [0.05, 0.1) is 0 Å². The van der Waals surface area contributed by atoms with Crippen molar-refractivity contribution in [2.45, 2.75) is 33.2 Å². The molecule has 0 heterocycles. The standard InChI is InChI=1S/C11H22N2O4/c1-11(2,3)7-12-10(16)13-8(9(14)15)5-6-17-4/h8H,5-7H2,1-4H3,(H,14,15)(H2,12,13,16). The smallest absolute Gasteiger partial charge is 0.326 e. The molecule has 0 aromatic heterocycles. The Morgan fingerprint density at radius 1 is 1.35 bits per heavy atom. The van der Waals surface area contributed by atoms with E-state index in [0.29, 0.717) is 6.54 Å². The molecule has 0 saturated heterocycles. The molecule has 0 aliphatic heterocycles. The number of nitrogens with one attached hydrogen (secondary N) is 2. The molecule has 1 atom stereocenters. The number of amides is 2. The van der Waals surface area contributed by atoms with Gasteiger partial charge >= 0.3 is 12.0 Å². The molecule has 0 aromatic rings. The van der Waals surface area contributed by atoms with E-state index in [9.17, 15) is 9.59 Å². The molecule has 0 aromatic carbocycles. The van der Waals surface area contributed by atoms with E-state index in [-0.39, 0.29) is 18.4 Å². The molecule has 0 saturated carbocycles. The number of rotatable bonds is 6. The minimum absolute atomic E-state index is 0.0391. The Balaban J connectivity index is 4.08. The van der Waals surface area contributed by atoms with Gasteiger partial charge in [0.25, 0.3) is 0 Å². The fourth-order valence-electron chi connectivity index (χ4n) is 1.05. The van der Waals surface area contributed by atoms with E-state index in [0.717, 1.165) is 0 Å². The van der Waals surface area contributed by atoms with Crippen molar-refractivity contribution in [3.05, 3.63) is 0 Å². The van der Waals surface area contributed by atoms with Crippen molar-refractivity contribution in [1.82, 2.24) is 10.6 Å². The Morgan fingerprint density at radius 3 is 2.35 bits per heavy atom. The summed E-state index contributed by atoms with van der Waals surface area (Å²) < 4.78 is 4.78. The first-order chi connectivity index (χ1) is 7.76. The van der Waals surface area contributed by atoms with Crippen LogP contribution in [0.3, 0.4) is 0 Å². The predicted octanol–water partition coefficient (Wildman–Crippen LogP) is 0.821. The van der Waals surface area contributed by atoms with Gasteiger partial charge in [0.15, 0.2) is 0 Å². The number of urea groups is 1. The number of methoxy groups -OCH3 is 1. The number of aliphatic carboxylic acids is 1.